The van der Waals surface area contributed by atoms with Crippen LogP contribution in [0, 0.1) is 25.5 Å². The molecule has 1 N–H and O–H groups in total. The molecule has 1 aromatic carbocycles. The molecule has 4 heteroatoms. The van der Waals surface area contributed by atoms with E-state index >= 15 is 0 Å². The molecule has 0 unspecified atom stereocenters. The van der Waals surface area contributed by atoms with Crippen LogP contribution in [0.2, 0.25) is 0 Å². The Balaban J connectivity index is 2.79. The van der Waals surface area contributed by atoms with Crippen molar-refractivity contribution in [1.82, 2.24) is 4.98 Å². The molecule has 0 bridgehead atoms. The molecular formula is C14H16F2N2. The number of hydrogen-bond acceptors (Lipinski definition) is 2. The SMILES string of the molecule is CCCNc1c(C)c(C)nc2c(F)ccc(F)c12. The average Bonchev–Trinajstić information content (AvgIpc) is 2.35. The highest BCUT2D eigenvalue weighted by Gasteiger charge is 2.15. The number of rotatable bonds is 3. The number of halogens is 2. The van der Waals surface area contributed by atoms with Crippen molar-refractivity contribution in [3.63, 3.8) is 0 Å². The van der Waals surface area contributed by atoms with Crippen molar-refractivity contribution in [2.24, 2.45) is 0 Å². The van der Waals surface area contributed by atoms with Crippen molar-refractivity contribution in [2.45, 2.75) is 27.2 Å². The molecule has 0 saturated carbocycles. The minimum Gasteiger partial charge on any atom is -0.384 e. The summed E-state index contributed by atoms with van der Waals surface area (Å²) in [6, 6.07) is 2.26. The van der Waals surface area contributed by atoms with Gasteiger partial charge >= 0.3 is 0 Å². The molecule has 96 valence electrons. The van der Waals surface area contributed by atoms with Crippen molar-refractivity contribution in [3.8, 4) is 0 Å². The molecule has 18 heavy (non-hydrogen) atoms. The summed E-state index contributed by atoms with van der Waals surface area (Å²) in [6.07, 6.45) is 0.916. The Morgan fingerprint density at radius 2 is 1.83 bits per heavy atom. The topological polar surface area (TPSA) is 24.9 Å². The van der Waals surface area contributed by atoms with E-state index in [2.05, 4.69) is 10.3 Å². The van der Waals surface area contributed by atoms with Gasteiger partial charge in [-0.3, -0.25) is 0 Å². The van der Waals surface area contributed by atoms with Crippen LogP contribution in [0.15, 0.2) is 12.1 Å². The number of nitrogens with one attached hydrogen (secondary N) is 1. The molecule has 2 rings (SSSR count). The van der Waals surface area contributed by atoms with Crippen LogP contribution in [-0.2, 0) is 0 Å². The fourth-order valence-corrected chi connectivity index (χ4v) is 1.98. The van der Waals surface area contributed by atoms with Crippen LogP contribution in [0.5, 0.6) is 0 Å². The summed E-state index contributed by atoms with van der Waals surface area (Å²) >= 11 is 0. The van der Waals surface area contributed by atoms with Gasteiger partial charge in [-0.2, -0.15) is 0 Å². The molecule has 0 aliphatic heterocycles. The van der Waals surface area contributed by atoms with Crippen LogP contribution < -0.4 is 5.32 Å². The number of aromatic nitrogens is 1. The average molecular weight is 250 g/mol. The van der Waals surface area contributed by atoms with E-state index < -0.39 is 11.6 Å². The van der Waals surface area contributed by atoms with Gasteiger partial charge in [0, 0.05) is 12.2 Å². The van der Waals surface area contributed by atoms with Gasteiger partial charge < -0.3 is 5.32 Å². The highest BCUT2D eigenvalue weighted by molar-refractivity contribution is 5.94. The van der Waals surface area contributed by atoms with Gasteiger partial charge in [0.1, 0.15) is 17.2 Å². The number of benzene rings is 1. The van der Waals surface area contributed by atoms with Gasteiger partial charge in [-0.05, 0) is 38.0 Å². The highest BCUT2D eigenvalue weighted by Crippen LogP contribution is 2.31. The summed E-state index contributed by atoms with van der Waals surface area (Å²) in [5.41, 5.74) is 2.32. The highest BCUT2D eigenvalue weighted by atomic mass is 19.1. The standard InChI is InChI=1S/C14H16F2N2/c1-4-7-17-13-8(2)9(3)18-14-11(16)6-5-10(15)12(13)14/h5-6H,4,7H2,1-3H3,(H,17,18). The van der Waals surface area contributed by atoms with Gasteiger partial charge in [0.15, 0.2) is 0 Å². The zero-order valence-corrected chi connectivity index (χ0v) is 10.8. The fourth-order valence-electron chi connectivity index (χ4n) is 1.98. The third-order valence-electron chi connectivity index (χ3n) is 3.08. The molecule has 1 aromatic heterocycles. The first kappa shape index (κ1) is 12.7. The number of fused-ring (bicyclic) bond motifs is 1. The van der Waals surface area contributed by atoms with Crippen LogP contribution in [0.25, 0.3) is 10.9 Å². The maximum atomic E-state index is 13.9. The summed E-state index contributed by atoms with van der Waals surface area (Å²) in [6.45, 7) is 6.41. The van der Waals surface area contributed by atoms with Crippen LogP contribution >= 0.6 is 0 Å². The minimum atomic E-state index is -0.492. The molecule has 0 amide bonds. The molecule has 2 nitrogen and oxygen atoms in total. The molecule has 2 aromatic rings. The Labute approximate surface area is 105 Å². The first-order valence-electron chi connectivity index (χ1n) is 6.05. The second-order valence-corrected chi connectivity index (χ2v) is 4.38. The molecular weight excluding hydrogens is 234 g/mol. The van der Waals surface area contributed by atoms with Crippen molar-refractivity contribution >= 4 is 16.6 Å². The molecule has 0 aliphatic carbocycles. The molecule has 0 fully saturated rings. The number of pyridine rings is 1. The van der Waals surface area contributed by atoms with Crippen molar-refractivity contribution in [1.29, 1.82) is 0 Å². The van der Waals surface area contributed by atoms with E-state index in [4.69, 9.17) is 0 Å². The van der Waals surface area contributed by atoms with E-state index in [0.29, 0.717) is 11.4 Å². The van der Waals surface area contributed by atoms with Gasteiger partial charge in [0.2, 0.25) is 0 Å². The van der Waals surface area contributed by atoms with Crippen LogP contribution in [0.4, 0.5) is 14.5 Å². The summed E-state index contributed by atoms with van der Waals surface area (Å²) in [5, 5.41) is 3.41. The second kappa shape index (κ2) is 4.88. The normalized spacial score (nSPS) is 10.9. The number of nitrogens with zero attached hydrogens (tertiary/aromatic N) is 1. The summed E-state index contributed by atoms with van der Waals surface area (Å²) in [4.78, 5) is 4.15. The lowest BCUT2D eigenvalue weighted by molar-refractivity contribution is 0.615. The third-order valence-corrected chi connectivity index (χ3v) is 3.08. The quantitative estimate of drug-likeness (QED) is 0.892. The smallest absolute Gasteiger partial charge is 0.149 e. The van der Waals surface area contributed by atoms with Gasteiger partial charge in [-0.1, -0.05) is 6.92 Å². The Bertz CT molecular complexity index is 594. The largest absolute Gasteiger partial charge is 0.384 e. The van der Waals surface area contributed by atoms with Crippen LogP contribution in [-0.4, -0.2) is 11.5 Å². The van der Waals surface area contributed by atoms with E-state index in [1.165, 1.54) is 0 Å². The lowest BCUT2D eigenvalue weighted by atomic mass is 10.1. The monoisotopic (exact) mass is 250 g/mol. The zero-order valence-electron chi connectivity index (χ0n) is 10.8. The van der Waals surface area contributed by atoms with E-state index in [1.54, 1.807) is 6.92 Å². The predicted octanol–water partition coefficient (Wildman–Crippen LogP) is 3.95. The number of aryl methyl sites for hydroxylation is 1. The maximum absolute atomic E-state index is 13.9. The molecule has 0 aliphatic rings. The summed E-state index contributed by atoms with van der Waals surface area (Å²) in [7, 11) is 0. The van der Waals surface area contributed by atoms with E-state index in [0.717, 1.165) is 30.7 Å². The minimum absolute atomic E-state index is 0.0942. The number of anilines is 1. The van der Waals surface area contributed by atoms with Gasteiger partial charge in [0.05, 0.1) is 11.1 Å². The van der Waals surface area contributed by atoms with E-state index in [9.17, 15) is 8.78 Å². The Kier molecular flexibility index (Phi) is 3.45. The number of hydrogen-bond donors (Lipinski definition) is 1. The van der Waals surface area contributed by atoms with Gasteiger partial charge in [-0.15, -0.1) is 0 Å². The van der Waals surface area contributed by atoms with Gasteiger partial charge in [0.25, 0.3) is 0 Å². The Hall–Kier alpha value is -1.71. The lowest BCUT2D eigenvalue weighted by Gasteiger charge is -2.15. The Morgan fingerprint density at radius 3 is 2.50 bits per heavy atom. The molecule has 0 radical (unpaired) electrons. The van der Waals surface area contributed by atoms with E-state index in [1.807, 2.05) is 13.8 Å². The van der Waals surface area contributed by atoms with Gasteiger partial charge in [-0.25, -0.2) is 13.8 Å². The summed E-state index contributed by atoms with van der Waals surface area (Å²) in [5.74, 6) is -0.936. The van der Waals surface area contributed by atoms with Crippen LogP contribution in [0.3, 0.4) is 0 Å². The Morgan fingerprint density at radius 1 is 1.17 bits per heavy atom. The summed E-state index contributed by atoms with van der Waals surface area (Å²) < 4.78 is 27.6. The predicted molar refractivity (Wildman–Crippen MR) is 69.9 cm³/mol. The van der Waals surface area contributed by atoms with E-state index in [-0.39, 0.29) is 10.9 Å². The molecule has 0 saturated heterocycles. The molecule has 0 atom stereocenters. The van der Waals surface area contributed by atoms with Crippen molar-refractivity contribution < 1.29 is 8.78 Å². The lowest BCUT2D eigenvalue weighted by Crippen LogP contribution is -2.06. The third kappa shape index (κ3) is 2.03. The first-order valence-corrected chi connectivity index (χ1v) is 6.05. The van der Waals surface area contributed by atoms with Crippen LogP contribution in [0.1, 0.15) is 24.6 Å². The zero-order chi connectivity index (χ0) is 13.3. The van der Waals surface area contributed by atoms with Crippen molar-refractivity contribution in [2.75, 3.05) is 11.9 Å². The first-order chi connectivity index (χ1) is 8.56. The van der Waals surface area contributed by atoms with Crippen molar-refractivity contribution in [3.05, 3.63) is 35.0 Å². The fraction of sp³-hybridized carbons (Fsp3) is 0.357. The molecule has 1 heterocycles. The maximum Gasteiger partial charge on any atom is 0.149 e. The second-order valence-electron chi connectivity index (χ2n) is 4.38. The molecule has 0 spiro atoms.